The number of aromatic nitrogens is 2. The molecule has 2 heterocycles. The number of methoxy groups -OCH3 is 1. The SMILES string of the molecule is COc1ccc(N(C(=O)Cc2cn3ccsc3n2)C(C)C)cc1F. The fourth-order valence-electron chi connectivity index (χ4n) is 2.64. The molecule has 2 aromatic heterocycles. The van der Waals surface area contributed by atoms with Crippen molar-refractivity contribution >= 4 is 27.9 Å². The van der Waals surface area contributed by atoms with Gasteiger partial charge in [-0.15, -0.1) is 11.3 Å². The minimum atomic E-state index is -0.490. The molecule has 24 heavy (non-hydrogen) atoms. The minimum Gasteiger partial charge on any atom is -0.494 e. The summed E-state index contributed by atoms with van der Waals surface area (Å²) in [5, 5.41) is 1.94. The van der Waals surface area contributed by atoms with E-state index in [0.29, 0.717) is 11.4 Å². The monoisotopic (exact) mass is 347 g/mol. The van der Waals surface area contributed by atoms with E-state index in [2.05, 4.69) is 4.98 Å². The van der Waals surface area contributed by atoms with Crippen LogP contribution in [0.15, 0.2) is 36.0 Å². The Bertz CT molecular complexity index is 843. The lowest BCUT2D eigenvalue weighted by atomic mass is 10.2. The van der Waals surface area contributed by atoms with Crippen LogP contribution < -0.4 is 9.64 Å². The Morgan fingerprint density at radius 2 is 2.25 bits per heavy atom. The van der Waals surface area contributed by atoms with Gasteiger partial charge in [0.15, 0.2) is 16.5 Å². The van der Waals surface area contributed by atoms with Crippen LogP contribution in [-0.2, 0) is 11.2 Å². The molecule has 5 nitrogen and oxygen atoms in total. The predicted octanol–water partition coefficient (Wildman–Crippen LogP) is 3.53. The number of anilines is 1. The quantitative estimate of drug-likeness (QED) is 0.709. The maximum absolute atomic E-state index is 14.0. The summed E-state index contributed by atoms with van der Waals surface area (Å²) in [6.45, 7) is 3.79. The summed E-state index contributed by atoms with van der Waals surface area (Å²) in [6.07, 6.45) is 3.91. The summed E-state index contributed by atoms with van der Waals surface area (Å²) < 4.78 is 20.8. The normalized spacial score (nSPS) is 11.2. The van der Waals surface area contributed by atoms with Gasteiger partial charge in [0.2, 0.25) is 5.91 Å². The van der Waals surface area contributed by atoms with Gasteiger partial charge in [-0.25, -0.2) is 9.37 Å². The highest BCUT2D eigenvalue weighted by atomic mass is 32.1. The number of hydrogen-bond donors (Lipinski definition) is 0. The van der Waals surface area contributed by atoms with Crippen molar-refractivity contribution in [1.29, 1.82) is 0 Å². The first-order valence-corrected chi connectivity index (χ1v) is 8.44. The number of hydrogen-bond acceptors (Lipinski definition) is 4. The van der Waals surface area contributed by atoms with E-state index in [1.165, 1.54) is 30.6 Å². The molecular formula is C17H18FN3O2S. The van der Waals surface area contributed by atoms with Gasteiger partial charge in [-0.2, -0.15) is 0 Å². The Hall–Kier alpha value is -2.41. The van der Waals surface area contributed by atoms with Gasteiger partial charge in [0.25, 0.3) is 0 Å². The molecule has 0 aliphatic carbocycles. The van der Waals surface area contributed by atoms with E-state index in [1.54, 1.807) is 11.0 Å². The first kappa shape index (κ1) is 16.4. The van der Waals surface area contributed by atoms with Crippen LogP contribution in [0.2, 0.25) is 0 Å². The molecule has 126 valence electrons. The largest absolute Gasteiger partial charge is 0.494 e. The zero-order valence-electron chi connectivity index (χ0n) is 13.7. The van der Waals surface area contributed by atoms with Crippen LogP contribution in [0, 0.1) is 5.82 Å². The molecule has 3 rings (SSSR count). The second-order valence-electron chi connectivity index (χ2n) is 5.68. The number of benzene rings is 1. The molecule has 0 bridgehead atoms. The summed E-state index contributed by atoms with van der Waals surface area (Å²) in [5.74, 6) is -0.458. The number of amides is 1. The van der Waals surface area contributed by atoms with E-state index >= 15 is 0 Å². The van der Waals surface area contributed by atoms with Crippen molar-refractivity contribution in [3.63, 3.8) is 0 Å². The Morgan fingerprint density at radius 3 is 2.88 bits per heavy atom. The van der Waals surface area contributed by atoms with Crippen molar-refractivity contribution in [2.45, 2.75) is 26.3 Å². The van der Waals surface area contributed by atoms with Crippen molar-refractivity contribution in [3.05, 3.63) is 47.5 Å². The van der Waals surface area contributed by atoms with E-state index in [0.717, 1.165) is 4.96 Å². The summed E-state index contributed by atoms with van der Waals surface area (Å²) in [4.78, 5) is 19.6. The Labute approximate surface area is 143 Å². The fourth-order valence-corrected chi connectivity index (χ4v) is 3.36. The summed E-state index contributed by atoms with van der Waals surface area (Å²) in [7, 11) is 1.41. The van der Waals surface area contributed by atoms with Gasteiger partial charge >= 0.3 is 0 Å². The van der Waals surface area contributed by atoms with Crippen molar-refractivity contribution in [2.75, 3.05) is 12.0 Å². The topological polar surface area (TPSA) is 46.8 Å². The summed E-state index contributed by atoms with van der Waals surface area (Å²) >= 11 is 1.52. The van der Waals surface area contributed by atoms with Crippen molar-refractivity contribution in [1.82, 2.24) is 9.38 Å². The molecule has 3 aromatic rings. The zero-order chi connectivity index (χ0) is 17.3. The van der Waals surface area contributed by atoms with Gasteiger partial charge in [-0.1, -0.05) is 0 Å². The average molecular weight is 347 g/mol. The number of rotatable bonds is 5. The van der Waals surface area contributed by atoms with Gasteiger partial charge in [0.1, 0.15) is 0 Å². The van der Waals surface area contributed by atoms with Crippen molar-refractivity contribution in [3.8, 4) is 5.75 Å². The zero-order valence-corrected chi connectivity index (χ0v) is 14.5. The third-order valence-corrected chi connectivity index (χ3v) is 4.44. The van der Waals surface area contributed by atoms with E-state index in [-0.39, 0.29) is 24.1 Å². The van der Waals surface area contributed by atoms with Crippen LogP contribution in [0.1, 0.15) is 19.5 Å². The van der Waals surface area contributed by atoms with E-state index in [4.69, 9.17) is 4.74 Å². The molecule has 1 amide bonds. The average Bonchev–Trinajstić information content (AvgIpc) is 3.08. The van der Waals surface area contributed by atoms with Crippen LogP contribution in [0.5, 0.6) is 5.75 Å². The molecule has 7 heteroatoms. The van der Waals surface area contributed by atoms with Gasteiger partial charge in [-0.3, -0.25) is 9.20 Å². The number of carbonyl (C=O) groups excluding carboxylic acids is 1. The lowest BCUT2D eigenvalue weighted by Crippen LogP contribution is -2.38. The number of thiazole rings is 1. The highest BCUT2D eigenvalue weighted by molar-refractivity contribution is 7.15. The predicted molar refractivity (Wildman–Crippen MR) is 92.3 cm³/mol. The molecule has 1 aromatic carbocycles. The van der Waals surface area contributed by atoms with Crippen LogP contribution in [0.25, 0.3) is 4.96 Å². The first-order chi connectivity index (χ1) is 11.5. The number of nitrogens with zero attached hydrogens (tertiary/aromatic N) is 3. The first-order valence-electron chi connectivity index (χ1n) is 7.56. The molecule has 0 unspecified atom stereocenters. The number of halogens is 1. The number of fused-ring (bicyclic) bond motifs is 1. The van der Waals surface area contributed by atoms with Crippen LogP contribution in [0.3, 0.4) is 0 Å². The second-order valence-corrected chi connectivity index (χ2v) is 6.55. The van der Waals surface area contributed by atoms with Crippen molar-refractivity contribution in [2.24, 2.45) is 0 Å². The molecule has 0 saturated heterocycles. The Balaban J connectivity index is 1.85. The van der Waals surface area contributed by atoms with Crippen molar-refractivity contribution < 1.29 is 13.9 Å². The number of carbonyl (C=O) groups is 1. The molecule has 0 spiro atoms. The minimum absolute atomic E-state index is 0.103. The third-order valence-electron chi connectivity index (χ3n) is 3.67. The molecular weight excluding hydrogens is 329 g/mol. The van der Waals surface area contributed by atoms with Crippen LogP contribution in [0.4, 0.5) is 10.1 Å². The highest BCUT2D eigenvalue weighted by Gasteiger charge is 2.21. The molecule has 0 N–H and O–H groups in total. The maximum atomic E-state index is 14.0. The molecule has 0 fully saturated rings. The Kier molecular flexibility index (Phi) is 4.53. The Morgan fingerprint density at radius 1 is 1.46 bits per heavy atom. The van der Waals surface area contributed by atoms with Gasteiger partial charge < -0.3 is 9.64 Å². The van der Waals surface area contributed by atoms with E-state index < -0.39 is 5.82 Å². The van der Waals surface area contributed by atoms with E-state index in [1.807, 2.05) is 36.0 Å². The van der Waals surface area contributed by atoms with Crippen LogP contribution >= 0.6 is 11.3 Å². The highest BCUT2D eigenvalue weighted by Crippen LogP contribution is 2.25. The fraction of sp³-hybridized carbons (Fsp3) is 0.294. The lowest BCUT2D eigenvalue weighted by Gasteiger charge is -2.27. The van der Waals surface area contributed by atoms with Gasteiger partial charge in [-0.05, 0) is 26.0 Å². The number of ether oxygens (including phenoxy) is 1. The second kappa shape index (κ2) is 6.60. The van der Waals surface area contributed by atoms with Gasteiger partial charge in [0.05, 0.1) is 19.2 Å². The molecule has 0 aliphatic heterocycles. The summed E-state index contributed by atoms with van der Waals surface area (Å²) in [6, 6.07) is 4.43. The molecule has 0 saturated carbocycles. The van der Waals surface area contributed by atoms with E-state index in [9.17, 15) is 9.18 Å². The molecule has 0 atom stereocenters. The number of imidazole rings is 1. The molecule has 0 aliphatic rings. The maximum Gasteiger partial charge on any atom is 0.233 e. The smallest absolute Gasteiger partial charge is 0.233 e. The third kappa shape index (κ3) is 3.12. The van der Waals surface area contributed by atoms with Gasteiger partial charge in [0, 0.05) is 35.6 Å². The summed E-state index contributed by atoms with van der Waals surface area (Å²) in [5.41, 5.74) is 1.21. The lowest BCUT2D eigenvalue weighted by molar-refractivity contribution is -0.118. The van der Waals surface area contributed by atoms with Crippen LogP contribution in [-0.4, -0.2) is 28.4 Å². The standard InChI is InChI=1S/C17H18FN3O2S/c1-11(2)21(13-4-5-15(23-3)14(18)9-13)16(22)8-12-10-20-6-7-24-17(20)19-12/h4-7,9-11H,8H2,1-3H3. The molecule has 0 radical (unpaired) electrons.